The van der Waals surface area contributed by atoms with Gasteiger partial charge >= 0.3 is 6.09 Å². The normalized spacial score (nSPS) is 14.5. The number of hydrogen-bond acceptors (Lipinski definition) is 7. The van der Waals surface area contributed by atoms with Crippen molar-refractivity contribution >= 4 is 62.2 Å². The molecule has 1 fully saturated rings. The van der Waals surface area contributed by atoms with Crippen LogP contribution in [0.25, 0.3) is 0 Å². The average Bonchev–Trinajstić information content (AvgIpc) is 3.33. The number of amides is 2. The summed E-state index contributed by atoms with van der Waals surface area (Å²) in [6.07, 6.45) is 0.294. The second kappa shape index (κ2) is 10.3. The highest BCUT2D eigenvalue weighted by molar-refractivity contribution is 9.11. The van der Waals surface area contributed by atoms with E-state index in [2.05, 4.69) is 32.0 Å². The molecule has 11 heteroatoms. The first-order valence-electron chi connectivity index (χ1n) is 8.80. The van der Waals surface area contributed by atoms with Gasteiger partial charge in [0.1, 0.15) is 6.04 Å². The Hall–Kier alpha value is -1.85. The number of nitrogens with one attached hydrogen (secondary N) is 3. The summed E-state index contributed by atoms with van der Waals surface area (Å²) < 4.78 is 11.1. The molecule has 0 saturated carbocycles. The molecule has 0 radical (unpaired) electrons. The molecule has 1 aromatic carbocycles. The van der Waals surface area contributed by atoms with Gasteiger partial charge in [-0.15, -0.1) is 0 Å². The van der Waals surface area contributed by atoms with Crippen LogP contribution < -0.4 is 25.8 Å². The summed E-state index contributed by atoms with van der Waals surface area (Å²) in [5, 5.41) is 8.14. The highest BCUT2D eigenvalue weighted by Crippen LogP contribution is 2.30. The van der Waals surface area contributed by atoms with Crippen molar-refractivity contribution in [1.82, 2.24) is 10.7 Å². The maximum absolute atomic E-state index is 12.6. The predicted octanol–water partition coefficient (Wildman–Crippen LogP) is 3.62. The Morgan fingerprint density at radius 1 is 1.38 bits per heavy atom. The lowest BCUT2D eigenvalue weighted by Gasteiger charge is -2.20. The number of carbonyl (C=O) groups excluding carboxylic acids is 2. The van der Waals surface area contributed by atoms with Crippen molar-refractivity contribution in [2.24, 2.45) is 0 Å². The second-order valence-corrected chi connectivity index (χ2v) is 9.00. The summed E-state index contributed by atoms with van der Waals surface area (Å²) in [6.45, 7) is 1.75. The van der Waals surface area contributed by atoms with Gasteiger partial charge in [0, 0.05) is 25.9 Å². The lowest BCUT2D eigenvalue weighted by atomic mass is 10.2. The molecule has 2 heterocycles. The Labute approximate surface area is 185 Å². The van der Waals surface area contributed by atoms with Gasteiger partial charge in [-0.1, -0.05) is 22.9 Å². The van der Waals surface area contributed by atoms with Crippen molar-refractivity contribution in [3.05, 3.63) is 39.1 Å². The standard InChI is InChI=1S/C18H20BrClN4O4S/c1-27-10-13(23-18(26)28-16-6-5-15(19)29-16)17(25)22-11-3-4-14(12(20)9-11)24-8-2-7-21-24/h3-6,9,13,21H,2,7-8,10H2,1H3,(H,22,25)(H,23,26)/t13-/m1/s1. The monoisotopic (exact) mass is 502 g/mol. The number of rotatable bonds is 7. The molecule has 3 rings (SSSR count). The molecule has 8 nitrogen and oxygen atoms in total. The zero-order chi connectivity index (χ0) is 20.8. The Bertz CT molecular complexity index is 875. The zero-order valence-corrected chi connectivity index (χ0v) is 18.7. The molecule has 29 heavy (non-hydrogen) atoms. The summed E-state index contributed by atoms with van der Waals surface area (Å²) in [5.41, 5.74) is 4.60. The van der Waals surface area contributed by atoms with Crippen LogP contribution in [0, 0.1) is 0 Å². The van der Waals surface area contributed by atoms with E-state index in [4.69, 9.17) is 21.1 Å². The van der Waals surface area contributed by atoms with Crippen LogP contribution in [0.4, 0.5) is 16.2 Å². The van der Waals surface area contributed by atoms with Crippen LogP contribution in [0.1, 0.15) is 6.42 Å². The van der Waals surface area contributed by atoms with Crippen LogP contribution in [0.15, 0.2) is 34.1 Å². The van der Waals surface area contributed by atoms with E-state index in [1.165, 1.54) is 18.4 Å². The molecule has 156 valence electrons. The minimum Gasteiger partial charge on any atom is -0.399 e. The molecule has 1 atom stereocenters. The van der Waals surface area contributed by atoms with Crippen LogP contribution in [0.2, 0.25) is 5.02 Å². The minimum absolute atomic E-state index is 0.0153. The van der Waals surface area contributed by atoms with Crippen molar-refractivity contribution in [1.29, 1.82) is 0 Å². The Morgan fingerprint density at radius 2 is 2.21 bits per heavy atom. The number of hydrogen-bond donors (Lipinski definition) is 3. The van der Waals surface area contributed by atoms with Crippen molar-refractivity contribution in [2.45, 2.75) is 12.5 Å². The van der Waals surface area contributed by atoms with E-state index in [-0.39, 0.29) is 6.61 Å². The first kappa shape index (κ1) is 21.8. The first-order valence-corrected chi connectivity index (χ1v) is 10.8. The molecule has 1 saturated heterocycles. The van der Waals surface area contributed by atoms with Crippen molar-refractivity contribution in [3.63, 3.8) is 0 Å². The third-order valence-corrected chi connectivity index (χ3v) is 5.86. The first-order chi connectivity index (χ1) is 14.0. The zero-order valence-electron chi connectivity index (χ0n) is 15.5. The molecule has 0 aliphatic carbocycles. The molecule has 3 N–H and O–H groups in total. The number of halogens is 2. The summed E-state index contributed by atoms with van der Waals surface area (Å²) in [4.78, 5) is 24.7. The molecule has 0 unspecified atom stereocenters. The van der Waals surface area contributed by atoms with Gasteiger partial charge in [0.15, 0.2) is 5.06 Å². The molecule has 2 aromatic rings. The molecule has 1 aromatic heterocycles. The number of anilines is 2. The molecule has 2 amide bonds. The fourth-order valence-corrected chi connectivity index (χ4v) is 4.21. The van der Waals surface area contributed by atoms with E-state index in [9.17, 15) is 9.59 Å². The van der Waals surface area contributed by atoms with Gasteiger partial charge < -0.3 is 25.1 Å². The number of carbonyl (C=O) groups is 2. The van der Waals surface area contributed by atoms with E-state index < -0.39 is 18.0 Å². The topological polar surface area (TPSA) is 91.9 Å². The quantitative estimate of drug-likeness (QED) is 0.535. The highest BCUT2D eigenvalue weighted by Gasteiger charge is 2.23. The molecule has 1 aliphatic heterocycles. The molecule has 1 aliphatic rings. The maximum atomic E-state index is 12.6. The van der Waals surface area contributed by atoms with Gasteiger partial charge in [-0.3, -0.25) is 4.79 Å². The summed E-state index contributed by atoms with van der Waals surface area (Å²) in [5.74, 6) is -0.445. The Balaban J connectivity index is 1.61. The van der Waals surface area contributed by atoms with Crippen LogP contribution in [0.3, 0.4) is 0 Å². The van der Waals surface area contributed by atoms with Crippen molar-refractivity contribution in [3.8, 4) is 5.06 Å². The fourth-order valence-electron chi connectivity index (χ4n) is 2.73. The lowest BCUT2D eigenvalue weighted by molar-refractivity contribution is -0.119. The molecule has 0 bridgehead atoms. The Kier molecular flexibility index (Phi) is 7.73. The van der Waals surface area contributed by atoms with Gasteiger partial charge in [0.05, 0.1) is 21.1 Å². The van der Waals surface area contributed by atoms with Crippen molar-refractivity contribution < 1.29 is 19.1 Å². The molecule has 0 spiro atoms. The predicted molar refractivity (Wildman–Crippen MR) is 117 cm³/mol. The Morgan fingerprint density at radius 3 is 2.83 bits per heavy atom. The van der Waals surface area contributed by atoms with Gasteiger partial charge in [-0.05, 0) is 52.7 Å². The van der Waals surface area contributed by atoms with E-state index in [1.54, 1.807) is 24.3 Å². The van der Waals surface area contributed by atoms with Crippen molar-refractivity contribution in [2.75, 3.05) is 37.1 Å². The van der Waals surface area contributed by atoms with E-state index in [0.717, 1.165) is 29.0 Å². The third kappa shape index (κ3) is 6.06. The largest absolute Gasteiger partial charge is 0.414 e. The number of methoxy groups -OCH3 is 1. The number of nitrogens with zero attached hydrogens (tertiary/aromatic N) is 1. The SMILES string of the molecule is COC[C@@H](NC(=O)Oc1ccc(Br)s1)C(=O)Nc1ccc(N2CCCN2)c(Cl)c1. The van der Waals surface area contributed by atoms with Crippen LogP contribution in [-0.2, 0) is 9.53 Å². The molecular weight excluding hydrogens is 484 g/mol. The summed E-state index contributed by atoms with van der Waals surface area (Å²) in [7, 11) is 1.44. The summed E-state index contributed by atoms with van der Waals surface area (Å²) in [6, 6.07) is 7.73. The highest BCUT2D eigenvalue weighted by atomic mass is 79.9. The van der Waals surface area contributed by atoms with Crippen LogP contribution in [-0.4, -0.2) is 44.8 Å². The third-order valence-electron chi connectivity index (χ3n) is 4.05. The summed E-state index contributed by atoms with van der Waals surface area (Å²) >= 11 is 10.9. The number of thiophene rings is 1. The smallest absolute Gasteiger partial charge is 0.399 e. The second-order valence-electron chi connectivity index (χ2n) is 6.17. The van der Waals surface area contributed by atoms with Crippen LogP contribution in [0.5, 0.6) is 5.06 Å². The van der Waals surface area contributed by atoms with E-state index >= 15 is 0 Å². The average molecular weight is 504 g/mol. The lowest BCUT2D eigenvalue weighted by Crippen LogP contribution is -2.47. The fraction of sp³-hybridized carbons (Fsp3) is 0.333. The van der Waals surface area contributed by atoms with Crippen LogP contribution >= 0.6 is 38.9 Å². The number of benzene rings is 1. The maximum Gasteiger partial charge on any atom is 0.414 e. The molecular formula is C18H20BrClN4O4S. The van der Waals surface area contributed by atoms with E-state index in [1.807, 2.05) is 11.1 Å². The van der Waals surface area contributed by atoms with Gasteiger partial charge in [0.25, 0.3) is 0 Å². The number of hydrazine groups is 1. The number of ether oxygens (including phenoxy) is 2. The van der Waals surface area contributed by atoms with E-state index in [0.29, 0.717) is 15.8 Å². The van der Waals surface area contributed by atoms with Gasteiger partial charge in [0.2, 0.25) is 5.91 Å². The van der Waals surface area contributed by atoms with Gasteiger partial charge in [-0.2, -0.15) is 0 Å². The minimum atomic E-state index is -0.936. The van der Waals surface area contributed by atoms with Gasteiger partial charge in [-0.25, -0.2) is 10.2 Å².